The van der Waals surface area contributed by atoms with E-state index in [1.165, 1.54) is 0 Å². The number of nitrogens with zero attached hydrogens (tertiary/aromatic N) is 1. The van der Waals surface area contributed by atoms with Crippen molar-refractivity contribution < 1.29 is 20.1 Å². The second-order valence-electron chi connectivity index (χ2n) is 3.75. The molecule has 3 N–H and O–H groups in total. The van der Waals surface area contributed by atoms with Gasteiger partial charge in [-0.15, -0.1) is 0 Å². The van der Waals surface area contributed by atoms with Crippen LogP contribution in [0.2, 0.25) is 0 Å². The minimum Gasteiger partial charge on any atom is -0.396 e. The summed E-state index contributed by atoms with van der Waals surface area (Å²) in [7, 11) is 0. The fourth-order valence-corrected chi connectivity index (χ4v) is 2.02. The second kappa shape index (κ2) is 5.55. The molecule has 0 bridgehead atoms. The molecule has 1 heterocycles. The summed E-state index contributed by atoms with van der Waals surface area (Å²) in [5.41, 5.74) is 0.674. The van der Waals surface area contributed by atoms with Crippen molar-refractivity contribution in [2.45, 2.75) is 26.2 Å². The van der Waals surface area contributed by atoms with E-state index in [0.717, 1.165) is 0 Å². The molecular formula is C10H19NO4. The van der Waals surface area contributed by atoms with Crippen molar-refractivity contribution in [2.75, 3.05) is 19.8 Å². The predicted molar refractivity (Wildman–Crippen MR) is 55.7 cm³/mol. The lowest BCUT2D eigenvalue weighted by molar-refractivity contribution is -0.0507. The van der Waals surface area contributed by atoms with E-state index in [4.69, 9.17) is 9.84 Å². The molecule has 0 amide bonds. The molecule has 0 aliphatic carbocycles. The second-order valence-corrected chi connectivity index (χ2v) is 3.75. The van der Waals surface area contributed by atoms with Crippen LogP contribution < -0.4 is 0 Å². The molecule has 0 aromatic heterocycles. The van der Waals surface area contributed by atoms with Gasteiger partial charge in [-0.3, -0.25) is 4.99 Å². The third kappa shape index (κ3) is 2.55. The highest BCUT2D eigenvalue weighted by molar-refractivity contribution is 5.87. The van der Waals surface area contributed by atoms with Crippen LogP contribution >= 0.6 is 0 Å². The van der Waals surface area contributed by atoms with Crippen LogP contribution in [0, 0.1) is 11.8 Å². The van der Waals surface area contributed by atoms with Gasteiger partial charge in [0.05, 0.1) is 6.61 Å². The van der Waals surface area contributed by atoms with Crippen LogP contribution in [0.3, 0.4) is 0 Å². The summed E-state index contributed by atoms with van der Waals surface area (Å²) in [5.74, 6) is -0.738. The maximum absolute atomic E-state index is 9.61. The molecule has 0 saturated heterocycles. The van der Waals surface area contributed by atoms with Crippen LogP contribution in [0.5, 0.6) is 0 Å². The number of rotatable bonds is 4. The molecule has 0 fully saturated rings. The van der Waals surface area contributed by atoms with E-state index in [2.05, 4.69) is 4.99 Å². The number of aliphatic hydroxyl groups excluding tert-OH is 3. The average molecular weight is 217 g/mol. The van der Waals surface area contributed by atoms with Crippen molar-refractivity contribution in [3.63, 3.8) is 0 Å². The lowest BCUT2D eigenvalue weighted by Gasteiger charge is -2.37. The SMILES string of the molecule is CCOC1C(C)=NC(O)C(CO)C1CO. The Bertz CT molecular complexity index is 231. The monoisotopic (exact) mass is 217 g/mol. The van der Waals surface area contributed by atoms with Gasteiger partial charge in [-0.2, -0.15) is 0 Å². The van der Waals surface area contributed by atoms with Gasteiger partial charge in [0, 0.05) is 30.8 Å². The molecule has 5 heteroatoms. The molecule has 0 radical (unpaired) electrons. The Labute approximate surface area is 89.4 Å². The number of hydrogen-bond donors (Lipinski definition) is 3. The summed E-state index contributed by atoms with van der Waals surface area (Å²) in [6.45, 7) is 3.81. The standard InChI is InChI=1S/C10H19NO4/c1-3-15-9-6(2)11-10(14)8(5-13)7(9)4-12/h7-10,12-14H,3-5H2,1-2H3. The summed E-state index contributed by atoms with van der Waals surface area (Å²) in [6, 6.07) is 0. The van der Waals surface area contributed by atoms with Gasteiger partial charge in [0.15, 0.2) is 6.23 Å². The van der Waals surface area contributed by atoms with Crippen LogP contribution in [0.15, 0.2) is 4.99 Å². The van der Waals surface area contributed by atoms with E-state index in [0.29, 0.717) is 12.3 Å². The first-order valence-electron chi connectivity index (χ1n) is 5.21. The molecule has 5 nitrogen and oxygen atoms in total. The summed E-state index contributed by atoms with van der Waals surface area (Å²) >= 11 is 0. The van der Waals surface area contributed by atoms with E-state index in [1.807, 2.05) is 6.92 Å². The smallest absolute Gasteiger partial charge is 0.150 e. The Kier molecular flexibility index (Phi) is 4.66. The number of aliphatic hydroxyl groups is 3. The Morgan fingerprint density at radius 3 is 2.33 bits per heavy atom. The molecule has 1 aliphatic heterocycles. The molecule has 15 heavy (non-hydrogen) atoms. The molecule has 1 rings (SSSR count). The van der Waals surface area contributed by atoms with Crippen molar-refractivity contribution in [2.24, 2.45) is 16.8 Å². The normalized spacial score (nSPS) is 36.5. The highest BCUT2D eigenvalue weighted by Gasteiger charge is 2.39. The van der Waals surface area contributed by atoms with Gasteiger partial charge in [0.2, 0.25) is 0 Å². The molecule has 1 aliphatic rings. The van der Waals surface area contributed by atoms with Crippen LogP contribution in [-0.2, 0) is 4.74 Å². The van der Waals surface area contributed by atoms with Gasteiger partial charge in [-0.1, -0.05) is 0 Å². The van der Waals surface area contributed by atoms with Gasteiger partial charge < -0.3 is 20.1 Å². The highest BCUT2D eigenvalue weighted by atomic mass is 16.5. The largest absolute Gasteiger partial charge is 0.396 e. The first kappa shape index (κ1) is 12.6. The molecule has 0 aromatic carbocycles. The summed E-state index contributed by atoms with van der Waals surface area (Å²) in [6.07, 6.45) is -1.25. The van der Waals surface area contributed by atoms with E-state index in [-0.39, 0.29) is 25.2 Å². The van der Waals surface area contributed by atoms with Crippen LogP contribution in [-0.4, -0.2) is 53.2 Å². The lowest BCUT2D eigenvalue weighted by atomic mass is 9.83. The minimum atomic E-state index is -0.941. The van der Waals surface area contributed by atoms with Gasteiger partial charge >= 0.3 is 0 Å². The average Bonchev–Trinajstić information content (AvgIpc) is 2.21. The van der Waals surface area contributed by atoms with Crippen molar-refractivity contribution in [1.29, 1.82) is 0 Å². The van der Waals surface area contributed by atoms with Crippen LogP contribution in [0.1, 0.15) is 13.8 Å². The highest BCUT2D eigenvalue weighted by Crippen LogP contribution is 2.28. The van der Waals surface area contributed by atoms with Gasteiger partial charge in [0.1, 0.15) is 6.10 Å². The quantitative estimate of drug-likeness (QED) is 0.587. The first-order chi connectivity index (χ1) is 7.15. The minimum absolute atomic E-state index is 0.125. The molecular weight excluding hydrogens is 198 g/mol. The maximum Gasteiger partial charge on any atom is 0.150 e. The van der Waals surface area contributed by atoms with E-state index in [9.17, 15) is 10.2 Å². The van der Waals surface area contributed by atoms with Crippen LogP contribution in [0.4, 0.5) is 0 Å². The predicted octanol–water partition coefficient (Wildman–Crippen LogP) is -0.599. The van der Waals surface area contributed by atoms with Crippen molar-refractivity contribution in [3.05, 3.63) is 0 Å². The van der Waals surface area contributed by atoms with Gasteiger partial charge in [-0.25, -0.2) is 0 Å². The third-order valence-electron chi connectivity index (χ3n) is 2.84. The van der Waals surface area contributed by atoms with Gasteiger partial charge in [-0.05, 0) is 13.8 Å². The maximum atomic E-state index is 9.61. The zero-order chi connectivity index (χ0) is 11.4. The molecule has 0 spiro atoms. The number of aliphatic imine (C=N–C) groups is 1. The van der Waals surface area contributed by atoms with Crippen LogP contribution in [0.25, 0.3) is 0 Å². The zero-order valence-corrected chi connectivity index (χ0v) is 9.13. The Morgan fingerprint density at radius 2 is 1.87 bits per heavy atom. The topological polar surface area (TPSA) is 82.3 Å². The summed E-state index contributed by atoms with van der Waals surface area (Å²) < 4.78 is 5.47. The number of ether oxygens (including phenoxy) is 1. The molecule has 88 valence electrons. The lowest BCUT2D eigenvalue weighted by Crippen LogP contribution is -2.48. The summed E-state index contributed by atoms with van der Waals surface area (Å²) in [4.78, 5) is 4.01. The zero-order valence-electron chi connectivity index (χ0n) is 9.13. The van der Waals surface area contributed by atoms with E-state index in [1.54, 1.807) is 6.92 Å². The Hall–Kier alpha value is -0.490. The Morgan fingerprint density at radius 1 is 1.27 bits per heavy atom. The third-order valence-corrected chi connectivity index (χ3v) is 2.84. The molecule has 4 atom stereocenters. The Balaban J connectivity index is 2.88. The molecule has 4 unspecified atom stereocenters. The van der Waals surface area contributed by atoms with Gasteiger partial charge in [0.25, 0.3) is 0 Å². The number of hydrogen-bond acceptors (Lipinski definition) is 5. The van der Waals surface area contributed by atoms with Crippen molar-refractivity contribution in [3.8, 4) is 0 Å². The first-order valence-corrected chi connectivity index (χ1v) is 5.21. The van der Waals surface area contributed by atoms with E-state index < -0.39 is 12.1 Å². The van der Waals surface area contributed by atoms with Crippen molar-refractivity contribution in [1.82, 2.24) is 0 Å². The fourth-order valence-electron chi connectivity index (χ4n) is 2.02. The molecule has 0 aromatic rings. The van der Waals surface area contributed by atoms with Crippen molar-refractivity contribution >= 4 is 5.71 Å². The molecule has 0 saturated carbocycles. The van der Waals surface area contributed by atoms with E-state index >= 15 is 0 Å². The summed E-state index contributed by atoms with van der Waals surface area (Å²) in [5, 5.41) is 28.0. The fraction of sp³-hybridized carbons (Fsp3) is 0.900.